The number of hydrogen-bond donors (Lipinski definition) is 2. The predicted octanol–water partition coefficient (Wildman–Crippen LogP) is 4.95. The smallest absolute Gasteiger partial charge is 0.360 e. The highest BCUT2D eigenvalue weighted by Gasteiger charge is 2.38. The number of piperidine rings is 1. The molecule has 1 saturated carbocycles. The van der Waals surface area contributed by atoms with Gasteiger partial charge in [0.2, 0.25) is 5.91 Å². The number of aliphatic imine (C=N–C) groups is 1. The second-order valence-electron chi connectivity index (χ2n) is 9.04. The SMILES string of the molecule is O=C(CNC1=NC(=O)S/C1=C\C1CCN(Cc2ccc(C(F)(F)F)cc2C(F)(F)F)CC1)NC1CC1. The van der Waals surface area contributed by atoms with Crippen LogP contribution in [0.1, 0.15) is 42.4 Å². The van der Waals surface area contributed by atoms with Crippen molar-refractivity contribution in [3.8, 4) is 0 Å². The Hall–Kier alpha value is -2.54. The molecule has 2 amide bonds. The van der Waals surface area contributed by atoms with E-state index in [1.807, 2.05) is 6.08 Å². The minimum Gasteiger partial charge on any atom is -0.360 e. The van der Waals surface area contributed by atoms with Crippen molar-refractivity contribution in [3.05, 3.63) is 45.9 Å². The summed E-state index contributed by atoms with van der Waals surface area (Å²) in [7, 11) is 0. The van der Waals surface area contributed by atoms with Crippen LogP contribution in [0.4, 0.5) is 31.1 Å². The number of thioether (sulfide) groups is 1. The lowest BCUT2D eigenvalue weighted by Crippen LogP contribution is -2.38. The summed E-state index contributed by atoms with van der Waals surface area (Å²) in [5, 5.41) is 5.33. The number of carbonyl (C=O) groups excluding carboxylic acids is 2. The van der Waals surface area contributed by atoms with Crippen LogP contribution in [-0.2, 0) is 23.7 Å². The molecule has 1 aromatic rings. The predicted molar refractivity (Wildman–Crippen MR) is 122 cm³/mol. The fourth-order valence-corrected chi connectivity index (χ4v) is 4.91. The van der Waals surface area contributed by atoms with Gasteiger partial charge in [0.1, 0.15) is 5.84 Å². The number of benzene rings is 1. The van der Waals surface area contributed by atoms with Crippen molar-refractivity contribution in [2.75, 3.05) is 19.6 Å². The summed E-state index contributed by atoms with van der Waals surface area (Å²) < 4.78 is 79.1. The third-order valence-corrected chi connectivity index (χ3v) is 6.96. The second-order valence-corrected chi connectivity index (χ2v) is 10.0. The number of hydrogen-bond acceptors (Lipinski definition) is 5. The Bertz CT molecular complexity index is 1070. The van der Waals surface area contributed by atoms with Crippen LogP contribution in [-0.4, -0.2) is 47.6 Å². The Labute approximate surface area is 207 Å². The lowest BCUT2D eigenvalue weighted by molar-refractivity contribution is -0.143. The highest BCUT2D eigenvalue weighted by atomic mass is 32.2. The zero-order valence-electron chi connectivity index (χ0n) is 19.0. The third kappa shape index (κ3) is 7.02. The van der Waals surface area contributed by atoms with E-state index in [9.17, 15) is 35.9 Å². The topological polar surface area (TPSA) is 73.8 Å². The Morgan fingerprint density at radius 2 is 1.78 bits per heavy atom. The maximum Gasteiger partial charge on any atom is 0.416 e. The van der Waals surface area contributed by atoms with E-state index in [2.05, 4.69) is 15.6 Å². The molecule has 1 saturated heterocycles. The van der Waals surface area contributed by atoms with Gasteiger partial charge in [-0.3, -0.25) is 14.5 Å². The van der Waals surface area contributed by atoms with Gasteiger partial charge in [0.25, 0.3) is 0 Å². The highest BCUT2D eigenvalue weighted by Crippen LogP contribution is 2.38. The van der Waals surface area contributed by atoms with Crippen LogP contribution in [0.2, 0.25) is 0 Å². The molecule has 0 radical (unpaired) electrons. The summed E-state index contributed by atoms with van der Waals surface area (Å²) in [5.74, 6) is 0.188. The number of rotatable bonds is 6. The van der Waals surface area contributed by atoms with Crippen molar-refractivity contribution in [1.82, 2.24) is 15.5 Å². The number of carbonyl (C=O) groups is 2. The standard InChI is InChI=1S/C23H24F6N4O2S/c24-22(25,26)15-2-1-14(17(10-15)23(27,28)29)12-33-7-5-13(6-8-33)9-18-20(32-21(35)36-18)30-11-19(34)31-16-3-4-16/h1-2,9-10,13,16H,3-8,11-12H2,(H,31,34)(H,30,32,35)/b18-9-. The van der Waals surface area contributed by atoms with Crippen molar-refractivity contribution in [2.24, 2.45) is 10.9 Å². The quantitative estimate of drug-likeness (QED) is 0.506. The van der Waals surface area contributed by atoms with Crippen molar-refractivity contribution >= 4 is 28.7 Å². The number of likely N-dealkylation sites (tertiary alicyclic amines) is 1. The molecule has 0 spiro atoms. The van der Waals surface area contributed by atoms with Crippen molar-refractivity contribution < 1.29 is 35.9 Å². The summed E-state index contributed by atoms with van der Waals surface area (Å²) in [6, 6.07) is 1.96. The molecule has 2 heterocycles. The Morgan fingerprint density at radius 3 is 2.39 bits per heavy atom. The molecule has 36 heavy (non-hydrogen) atoms. The average molecular weight is 535 g/mol. The van der Waals surface area contributed by atoms with Gasteiger partial charge < -0.3 is 10.6 Å². The van der Waals surface area contributed by atoms with Gasteiger partial charge in [0, 0.05) is 12.6 Å². The van der Waals surface area contributed by atoms with Gasteiger partial charge in [-0.1, -0.05) is 12.1 Å². The minimum absolute atomic E-state index is 0.00632. The van der Waals surface area contributed by atoms with Crippen LogP contribution in [0.3, 0.4) is 0 Å². The van der Waals surface area contributed by atoms with Crippen LogP contribution < -0.4 is 10.6 Å². The van der Waals surface area contributed by atoms with Gasteiger partial charge in [-0.05, 0) is 74.1 Å². The second kappa shape index (κ2) is 10.4. The maximum atomic E-state index is 13.4. The summed E-state index contributed by atoms with van der Waals surface area (Å²) >= 11 is 0.950. The number of amides is 2. The number of nitrogens with zero attached hydrogens (tertiary/aromatic N) is 2. The zero-order valence-corrected chi connectivity index (χ0v) is 19.8. The Morgan fingerprint density at radius 1 is 1.08 bits per heavy atom. The molecule has 3 aliphatic rings. The summed E-state index contributed by atoms with van der Waals surface area (Å²) in [6.07, 6.45) is -4.77. The molecule has 13 heteroatoms. The molecule has 1 aliphatic carbocycles. The molecule has 0 bridgehead atoms. The summed E-state index contributed by atoms with van der Waals surface area (Å²) in [6.45, 7) is 0.756. The average Bonchev–Trinajstić information content (AvgIpc) is 3.53. The van der Waals surface area contributed by atoms with E-state index in [1.54, 1.807) is 4.90 Å². The van der Waals surface area contributed by atoms with E-state index in [1.165, 1.54) is 0 Å². The fraction of sp³-hybridized carbons (Fsp3) is 0.522. The molecule has 196 valence electrons. The van der Waals surface area contributed by atoms with E-state index in [0.717, 1.165) is 30.7 Å². The van der Waals surface area contributed by atoms with E-state index in [0.29, 0.717) is 42.7 Å². The van der Waals surface area contributed by atoms with Crippen LogP contribution in [0, 0.1) is 5.92 Å². The lowest BCUT2D eigenvalue weighted by Gasteiger charge is -2.31. The molecule has 0 unspecified atom stereocenters. The molecule has 4 rings (SSSR count). The first-order chi connectivity index (χ1) is 16.9. The first kappa shape index (κ1) is 26.5. The highest BCUT2D eigenvalue weighted by molar-refractivity contribution is 8.18. The molecule has 2 N–H and O–H groups in total. The molecule has 6 nitrogen and oxygen atoms in total. The van der Waals surface area contributed by atoms with Crippen LogP contribution >= 0.6 is 11.8 Å². The monoisotopic (exact) mass is 534 g/mol. The van der Waals surface area contributed by atoms with E-state index < -0.39 is 28.7 Å². The van der Waals surface area contributed by atoms with Gasteiger partial charge in [-0.2, -0.15) is 31.3 Å². The fourth-order valence-electron chi connectivity index (χ4n) is 4.11. The van der Waals surface area contributed by atoms with E-state index in [-0.39, 0.29) is 42.6 Å². The Balaban J connectivity index is 1.34. The maximum absolute atomic E-state index is 13.4. The molecule has 0 aromatic heterocycles. The van der Waals surface area contributed by atoms with Crippen LogP contribution in [0.5, 0.6) is 0 Å². The van der Waals surface area contributed by atoms with Gasteiger partial charge in [-0.15, -0.1) is 0 Å². The van der Waals surface area contributed by atoms with E-state index in [4.69, 9.17) is 0 Å². The summed E-state index contributed by atoms with van der Waals surface area (Å²) in [4.78, 5) is 30.0. The third-order valence-electron chi connectivity index (χ3n) is 6.15. The molecular formula is C23H24F6N4O2S. The van der Waals surface area contributed by atoms with Gasteiger partial charge in [0.05, 0.1) is 22.6 Å². The molecule has 1 aromatic carbocycles. The van der Waals surface area contributed by atoms with Crippen molar-refractivity contribution in [2.45, 2.75) is 50.6 Å². The van der Waals surface area contributed by atoms with Gasteiger partial charge >= 0.3 is 17.6 Å². The summed E-state index contributed by atoms with van der Waals surface area (Å²) in [5.41, 5.74) is -2.81. The Kier molecular flexibility index (Phi) is 7.69. The van der Waals surface area contributed by atoms with Crippen LogP contribution in [0.15, 0.2) is 34.2 Å². The molecule has 2 aliphatic heterocycles. The van der Waals surface area contributed by atoms with Crippen LogP contribution in [0.25, 0.3) is 0 Å². The number of nitrogens with one attached hydrogen (secondary N) is 2. The number of alkyl halides is 6. The first-order valence-electron chi connectivity index (χ1n) is 11.4. The van der Waals surface area contributed by atoms with Crippen molar-refractivity contribution in [3.63, 3.8) is 0 Å². The number of allylic oxidation sites excluding steroid dienone is 1. The minimum atomic E-state index is -4.90. The van der Waals surface area contributed by atoms with E-state index >= 15 is 0 Å². The van der Waals surface area contributed by atoms with Crippen molar-refractivity contribution in [1.29, 1.82) is 0 Å². The number of amidine groups is 1. The molecular weight excluding hydrogens is 510 g/mol. The number of halogens is 6. The molecule has 0 atom stereocenters. The molecule has 2 fully saturated rings. The van der Waals surface area contributed by atoms with Gasteiger partial charge in [-0.25, -0.2) is 0 Å². The first-order valence-corrected chi connectivity index (χ1v) is 12.3. The lowest BCUT2D eigenvalue weighted by atomic mass is 9.95. The van der Waals surface area contributed by atoms with Gasteiger partial charge in [0.15, 0.2) is 0 Å². The normalized spacial score (nSPS) is 21.1. The zero-order chi connectivity index (χ0) is 26.1. The largest absolute Gasteiger partial charge is 0.416 e.